The molecule has 0 aliphatic heterocycles. The van der Waals surface area contributed by atoms with Gasteiger partial charge in [0.2, 0.25) is 10.0 Å². The molecule has 0 aliphatic rings. The molecule has 0 fully saturated rings. The third-order valence-electron chi connectivity index (χ3n) is 2.94. The summed E-state index contributed by atoms with van der Waals surface area (Å²) in [6.45, 7) is 10.5. The van der Waals surface area contributed by atoms with Crippen molar-refractivity contribution in [3.05, 3.63) is 11.4 Å². The molecule has 1 rings (SSSR count). The summed E-state index contributed by atoms with van der Waals surface area (Å²) in [4.78, 5) is 2.43. The molecule has 6 nitrogen and oxygen atoms in total. The Bertz CT molecular complexity index is 458. The van der Waals surface area contributed by atoms with E-state index in [1.165, 1.54) is 0 Å². The third-order valence-corrected chi connectivity index (χ3v) is 4.67. The first-order chi connectivity index (χ1) is 8.42. The number of hydrogen-bond donors (Lipinski definition) is 2. The van der Waals surface area contributed by atoms with Gasteiger partial charge in [0.25, 0.3) is 0 Å². The first kappa shape index (κ1) is 15.1. The smallest absolute Gasteiger partial charge is 0.244 e. The van der Waals surface area contributed by atoms with E-state index in [0.29, 0.717) is 24.5 Å². The van der Waals surface area contributed by atoms with Crippen LogP contribution < -0.4 is 4.72 Å². The van der Waals surface area contributed by atoms with Crippen molar-refractivity contribution in [3.63, 3.8) is 0 Å². The van der Waals surface area contributed by atoms with E-state index in [9.17, 15) is 8.42 Å². The second-order valence-electron chi connectivity index (χ2n) is 4.19. The van der Waals surface area contributed by atoms with Crippen LogP contribution in [0.2, 0.25) is 0 Å². The van der Waals surface area contributed by atoms with Crippen LogP contribution in [0.1, 0.15) is 25.2 Å². The Balaban J connectivity index is 2.67. The molecule has 7 heteroatoms. The standard InChI is InChI=1S/C11H22N4O2S/c1-5-15(6-2)8-7-12-18(16,17)11-9(3)13-14-10(11)4/h12H,5-8H2,1-4H3,(H,13,14). The molecule has 2 N–H and O–H groups in total. The molecule has 0 aliphatic carbocycles. The number of aromatic amines is 1. The Morgan fingerprint density at radius 1 is 1.28 bits per heavy atom. The van der Waals surface area contributed by atoms with Gasteiger partial charge >= 0.3 is 0 Å². The second-order valence-corrected chi connectivity index (χ2v) is 5.89. The SMILES string of the molecule is CCN(CC)CCNS(=O)(=O)c1c(C)n[nH]c1C. The number of nitrogens with one attached hydrogen (secondary N) is 2. The van der Waals surface area contributed by atoms with E-state index in [0.717, 1.165) is 13.1 Å². The summed E-state index contributed by atoms with van der Waals surface area (Å²) in [7, 11) is -3.46. The Morgan fingerprint density at radius 2 is 1.89 bits per heavy atom. The van der Waals surface area contributed by atoms with Crippen LogP contribution in [0.5, 0.6) is 0 Å². The van der Waals surface area contributed by atoms with Crippen LogP contribution in [-0.2, 0) is 10.0 Å². The molecule has 18 heavy (non-hydrogen) atoms. The Hall–Kier alpha value is -0.920. The maximum atomic E-state index is 12.1. The number of rotatable bonds is 7. The van der Waals surface area contributed by atoms with Gasteiger partial charge in [-0.2, -0.15) is 5.10 Å². The van der Waals surface area contributed by atoms with Crippen molar-refractivity contribution < 1.29 is 8.42 Å². The van der Waals surface area contributed by atoms with E-state index in [4.69, 9.17) is 0 Å². The number of aromatic nitrogens is 2. The first-order valence-corrected chi connectivity index (χ1v) is 7.64. The molecule has 104 valence electrons. The van der Waals surface area contributed by atoms with Crippen LogP contribution >= 0.6 is 0 Å². The lowest BCUT2D eigenvalue weighted by Crippen LogP contribution is -2.35. The maximum absolute atomic E-state index is 12.1. The van der Waals surface area contributed by atoms with Gasteiger partial charge in [0.15, 0.2) is 0 Å². The molecule has 0 saturated carbocycles. The normalized spacial score (nSPS) is 12.3. The predicted octanol–water partition coefficient (Wildman–Crippen LogP) is 0.647. The fourth-order valence-corrected chi connectivity index (χ4v) is 3.27. The van der Waals surface area contributed by atoms with E-state index in [2.05, 4.69) is 33.7 Å². The fraction of sp³-hybridized carbons (Fsp3) is 0.727. The monoisotopic (exact) mass is 274 g/mol. The highest BCUT2D eigenvalue weighted by molar-refractivity contribution is 7.89. The van der Waals surface area contributed by atoms with Crippen molar-refractivity contribution in [1.29, 1.82) is 0 Å². The summed E-state index contributed by atoms with van der Waals surface area (Å²) < 4.78 is 26.8. The summed E-state index contributed by atoms with van der Waals surface area (Å²) in [6, 6.07) is 0. The van der Waals surface area contributed by atoms with Gasteiger partial charge in [0.05, 0.1) is 11.4 Å². The number of likely N-dealkylation sites (N-methyl/N-ethyl adjacent to an activating group) is 1. The average Bonchev–Trinajstić information content (AvgIpc) is 2.65. The zero-order valence-electron chi connectivity index (χ0n) is 11.4. The Morgan fingerprint density at radius 3 is 2.33 bits per heavy atom. The van der Waals surface area contributed by atoms with Crippen molar-refractivity contribution in [3.8, 4) is 0 Å². The highest BCUT2D eigenvalue weighted by atomic mass is 32.2. The van der Waals surface area contributed by atoms with Crippen molar-refractivity contribution >= 4 is 10.0 Å². The molecule has 0 amide bonds. The van der Waals surface area contributed by atoms with E-state index in [1.54, 1.807) is 13.8 Å². The lowest BCUT2D eigenvalue weighted by Gasteiger charge is -2.18. The van der Waals surface area contributed by atoms with Crippen molar-refractivity contribution in [2.24, 2.45) is 0 Å². The minimum Gasteiger partial charge on any atom is -0.303 e. The fourth-order valence-electron chi connectivity index (χ4n) is 1.89. The number of hydrogen-bond acceptors (Lipinski definition) is 4. The number of H-pyrrole nitrogens is 1. The molecular formula is C11H22N4O2S. The molecular weight excluding hydrogens is 252 g/mol. The molecule has 0 unspecified atom stereocenters. The third kappa shape index (κ3) is 3.54. The molecule has 0 spiro atoms. The van der Waals surface area contributed by atoms with Crippen molar-refractivity contribution in [1.82, 2.24) is 19.8 Å². The van der Waals surface area contributed by atoms with Gasteiger partial charge in [-0.15, -0.1) is 0 Å². The van der Waals surface area contributed by atoms with Gasteiger partial charge < -0.3 is 4.90 Å². The van der Waals surface area contributed by atoms with E-state index >= 15 is 0 Å². The van der Waals surface area contributed by atoms with E-state index < -0.39 is 10.0 Å². The van der Waals surface area contributed by atoms with Gasteiger partial charge in [0.1, 0.15) is 4.90 Å². The highest BCUT2D eigenvalue weighted by Crippen LogP contribution is 2.15. The van der Waals surface area contributed by atoms with Gasteiger partial charge in [-0.05, 0) is 26.9 Å². The lowest BCUT2D eigenvalue weighted by atomic mass is 10.4. The topological polar surface area (TPSA) is 78.1 Å². The first-order valence-electron chi connectivity index (χ1n) is 6.16. The van der Waals surface area contributed by atoms with E-state index in [1.807, 2.05) is 0 Å². The molecule has 1 heterocycles. The lowest BCUT2D eigenvalue weighted by molar-refractivity contribution is 0.309. The van der Waals surface area contributed by atoms with Crippen LogP contribution in [0.15, 0.2) is 4.90 Å². The Labute approximate surface area is 109 Å². The van der Waals surface area contributed by atoms with Gasteiger partial charge in [-0.25, -0.2) is 13.1 Å². The summed E-state index contributed by atoms with van der Waals surface area (Å²) in [5, 5.41) is 6.59. The van der Waals surface area contributed by atoms with E-state index in [-0.39, 0.29) is 4.90 Å². The number of aryl methyl sites for hydroxylation is 2. The van der Waals surface area contributed by atoms with Gasteiger partial charge in [-0.3, -0.25) is 5.10 Å². The molecule has 0 bridgehead atoms. The quantitative estimate of drug-likeness (QED) is 0.765. The summed E-state index contributed by atoms with van der Waals surface area (Å²) in [5.74, 6) is 0. The predicted molar refractivity (Wildman–Crippen MR) is 71.0 cm³/mol. The zero-order valence-corrected chi connectivity index (χ0v) is 12.3. The van der Waals surface area contributed by atoms with Crippen LogP contribution in [0.3, 0.4) is 0 Å². The molecule has 0 radical (unpaired) electrons. The van der Waals surface area contributed by atoms with Crippen molar-refractivity contribution in [2.45, 2.75) is 32.6 Å². The van der Waals surface area contributed by atoms with Crippen LogP contribution in [0.25, 0.3) is 0 Å². The highest BCUT2D eigenvalue weighted by Gasteiger charge is 2.21. The number of nitrogens with zero attached hydrogens (tertiary/aromatic N) is 2. The van der Waals surface area contributed by atoms with Gasteiger partial charge in [0, 0.05) is 13.1 Å². The molecule has 0 aromatic carbocycles. The Kier molecular flexibility index (Phi) is 5.30. The van der Waals surface area contributed by atoms with Crippen molar-refractivity contribution in [2.75, 3.05) is 26.2 Å². The molecule has 1 aromatic rings. The molecule has 0 saturated heterocycles. The minimum atomic E-state index is -3.46. The minimum absolute atomic E-state index is 0.266. The van der Waals surface area contributed by atoms with Gasteiger partial charge in [-0.1, -0.05) is 13.8 Å². The summed E-state index contributed by atoms with van der Waals surface area (Å²) in [5.41, 5.74) is 1.07. The van der Waals surface area contributed by atoms with Crippen LogP contribution in [-0.4, -0.2) is 49.7 Å². The molecule has 1 aromatic heterocycles. The summed E-state index contributed by atoms with van der Waals surface area (Å²) in [6.07, 6.45) is 0. The largest absolute Gasteiger partial charge is 0.303 e. The maximum Gasteiger partial charge on any atom is 0.244 e. The summed E-state index contributed by atoms with van der Waals surface area (Å²) >= 11 is 0. The van der Waals surface area contributed by atoms with Crippen LogP contribution in [0, 0.1) is 13.8 Å². The average molecular weight is 274 g/mol. The number of sulfonamides is 1. The van der Waals surface area contributed by atoms with Crippen LogP contribution in [0.4, 0.5) is 0 Å². The zero-order chi connectivity index (χ0) is 13.8. The molecule has 0 atom stereocenters. The second kappa shape index (κ2) is 6.31.